The molecule has 148 valence electrons. The molecule has 0 saturated carbocycles. The van der Waals surface area contributed by atoms with Crippen LogP contribution in [0.1, 0.15) is 24.1 Å². The van der Waals surface area contributed by atoms with Gasteiger partial charge in [0.05, 0.1) is 18.1 Å². The highest BCUT2D eigenvalue weighted by Gasteiger charge is 2.31. The molecule has 3 aliphatic rings. The van der Waals surface area contributed by atoms with Gasteiger partial charge in [0.2, 0.25) is 0 Å². The summed E-state index contributed by atoms with van der Waals surface area (Å²) < 4.78 is 28.8. The maximum absolute atomic E-state index is 12.7. The molecule has 27 heavy (non-hydrogen) atoms. The summed E-state index contributed by atoms with van der Waals surface area (Å²) in [6.45, 7) is 6.57. The van der Waals surface area contributed by atoms with Crippen molar-refractivity contribution in [3.8, 4) is 5.75 Å². The van der Waals surface area contributed by atoms with E-state index < -0.39 is 9.84 Å². The molecule has 1 aromatic rings. The van der Waals surface area contributed by atoms with Crippen molar-refractivity contribution in [2.75, 3.05) is 57.4 Å². The van der Waals surface area contributed by atoms with Crippen molar-refractivity contribution in [3.63, 3.8) is 0 Å². The van der Waals surface area contributed by atoms with Crippen LogP contribution < -0.4 is 4.74 Å². The number of urea groups is 1. The van der Waals surface area contributed by atoms with E-state index in [-0.39, 0.29) is 23.6 Å². The molecule has 0 bridgehead atoms. The average molecular weight is 394 g/mol. The Morgan fingerprint density at radius 3 is 2.41 bits per heavy atom. The minimum absolute atomic E-state index is 0.0249. The van der Waals surface area contributed by atoms with Gasteiger partial charge in [-0.15, -0.1) is 0 Å². The zero-order valence-corrected chi connectivity index (χ0v) is 16.6. The Kier molecular flexibility index (Phi) is 5.03. The quantitative estimate of drug-likeness (QED) is 0.754. The molecule has 4 rings (SSSR count). The van der Waals surface area contributed by atoms with Crippen molar-refractivity contribution in [2.24, 2.45) is 0 Å². The fraction of sp³-hybridized carbons (Fsp3) is 0.632. The van der Waals surface area contributed by atoms with Crippen LogP contribution in [0.15, 0.2) is 18.2 Å². The minimum atomic E-state index is -2.97. The molecule has 0 spiro atoms. The number of nitrogens with zero attached hydrogens (tertiary/aromatic N) is 3. The van der Waals surface area contributed by atoms with Gasteiger partial charge in [-0.25, -0.2) is 13.2 Å². The summed E-state index contributed by atoms with van der Waals surface area (Å²) >= 11 is 0. The molecule has 8 heteroatoms. The molecule has 7 nitrogen and oxygen atoms in total. The van der Waals surface area contributed by atoms with E-state index in [1.165, 1.54) is 11.1 Å². The summed E-state index contributed by atoms with van der Waals surface area (Å²) in [7, 11) is -2.97. The first kappa shape index (κ1) is 18.6. The maximum atomic E-state index is 12.7. The van der Waals surface area contributed by atoms with Crippen molar-refractivity contribution >= 4 is 15.9 Å². The van der Waals surface area contributed by atoms with Crippen LogP contribution >= 0.6 is 0 Å². The van der Waals surface area contributed by atoms with Gasteiger partial charge in [-0.2, -0.15) is 0 Å². The lowest BCUT2D eigenvalue weighted by Gasteiger charge is -2.40. The fourth-order valence-corrected chi connectivity index (χ4v) is 5.26. The van der Waals surface area contributed by atoms with Crippen molar-refractivity contribution in [2.45, 2.75) is 19.4 Å². The van der Waals surface area contributed by atoms with E-state index in [9.17, 15) is 13.2 Å². The molecular weight excluding hydrogens is 366 g/mol. The Bertz CT molecular complexity index is 804. The second-order valence-corrected chi connectivity index (χ2v) is 9.89. The topological polar surface area (TPSA) is 70.2 Å². The summed E-state index contributed by atoms with van der Waals surface area (Å²) in [6.07, 6.45) is 0.989. The molecule has 0 radical (unpaired) electrons. The highest BCUT2D eigenvalue weighted by atomic mass is 32.2. The molecule has 2 amide bonds. The summed E-state index contributed by atoms with van der Waals surface area (Å²) in [5.41, 5.74) is 2.53. The van der Waals surface area contributed by atoms with Gasteiger partial charge in [-0.1, -0.05) is 12.1 Å². The predicted molar refractivity (Wildman–Crippen MR) is 103 cm³/mol. The van der Waals surface area contributed by atoms with E-state index in [1.807, 2.05) is 4.90 Å². The molecule has 3 heterocycles. The highest BCUT2D eigenvalue weighted by Crippen LogP contribution is 2.31. The van der Waals surface area contributed by atoms with Crippen LogP contribution in [0.25, 0.3) is 0 Å². The van der Waals surface area contributed by atoms with Gasteiger partial charge in [-0.05, 0) is 24.1 Å². The van der Waals surface area contributed by atoms with Crippen molar-refractivity contribution in [1.82, 2.24) is 14.7 Å². The Morgan fingerprint density at radius 1 is 1.04 bits per heavy atom. The van der Waals surface area contributed by atoms with Gasteiger partial charge < -0.3 is 14.5 Å². The smallest absolute Gasteiger partial charge is 0.320 e. The van der Waals surface area contributed by atoms with E-state index in [0.717, 1.165) is 31.9 Å². The Labute approximate surface area is 160 Å². The van der Waals surface area contributed by atoms with E-state index in [0.29, 0.717) is 26.2 Å². The number of piperazine rings is 1. The van der Waals surface area contributed by atoms with E-state index in [1.54, 1.807) is 4.90 Å². The van der Waals surface area contributed by atoms with E-state index in [4.69, 9.17) is 4.74 Å². The summed E-state index contributed by atoms with van der Waals surface area (Å²) in [5.74, 6) is 1.17. The number of ether oxygens (including phenoxy) is 1. The number of amides is 2. The number of hydrogen-bond donors (Lipinski definition) is 0. The largest absolute Gasteiger partial charge is 0.493 e. The number of benzene rings is 1. The second-order valence-electron chi connectivity index (χ2n) is 7.59. The molecule has 1 atom stereocenters. The van der Waals surface area contributed by atoms with Gasteiger partial charge in [0.1, 0.15) is 5.75 Å². The zero-order chi connectivity index (χ0) is 19.0. The lowest BCUT2D eigenvalue weighted by molar-refractivity contribution is 0.0963. The van der Waals surface area contributed by atoms with Crippen LogP contribution in [0.2, 0.25) is 0 Å². The minimum Gasteiger partial charge on any atom is -0.493 e. The van der Waals surface area contributed by atoms with Crippen LogP contribution in [0.4, 0.5) is 4.79 Å². The molecule has 0 aliphatic carbocycles. The van der Waals surface area contributed by atoms with Gasteiger partial charge in [0, 0.05) is 51.7 Å². The molecule has 0 unspecified atom stereocenters. The molecule has 3 aliphatic heterocycles. The third-order valence-corrected chi connectivity index (χ3v) is 7.56. The molecule has 0 aromatic heterocycles. The molecular formula is C19H27N3O4S. The lowest BCUT2D eigenvalue weighted by Crippen LogP contribution is -2.55. The number of fused-ring (bicyclic) bond motifs is 1. The number of carbonyl (C=O) groups excluding carboxylic acids is 1. The van der Waals surface area contributed by atoms with Crippen molar-refractivity contribution in [1.29, 1.82) is 0 Å². The average Bonchev–Trinajstić information content (AvgIpc) is 3.15. The van der Waals surface area contributed by atoms with Crippen molar-refractivity contribution in [3.05, 3.63) is 29.3 Å². The fourth-order valence-electron chi connectivity index (χ4n) is 4.06. The van der Waals surface area contributed by atoms with Crippen LogP contribution in [0.5, 0.6) is 5.75 Å². The Morgan fingerprint density at radius 2 is 1.70 bits per heavy atom. The molecule has 2 saturated heterocycles. The third kappa shape index (κ3) is 3.91. The highest BCUT2D eigenvalue weighted by molar-refractivity contribution is 7.91. The van der Waals surface area contributed by atoms with E-state index in [2.05, 4.69) is 30.0 Å². The molecule has 2 fully saturated rings. The summed E-state index contributed by atoms with van der Waals surface area (Å²) in [6, 6.07) is 6.75. The van der Waals surface area contributed by atoms with Crippen molar-refractivity contribution < 1.29 is 17.9 Å². The first-order chi connectivity index (χ1) is 12.9. The van der Waals surface area contributed by atoms with E-state index >= 15 is 0 Å². The zero-order valence-electron chi connectivity index (χ0n) is 15.8. The van der Waals surface area contributed by atoms with Crippen LogP contribution in [-0.4, -0.2) is 86.5 Å². The summed E-state index contributed by atoms with van der Waals surface area (Å²) in [5, 5.41) is 0. The lowest BCUT2D eigenvalue weighted by atomic mass is 10.0. The molecule has 0 N–H and O–H groups in total. The SMILES string of the molecule is C[C@@H](c1ccc2c(c1)OCC2)N1CCN(C(=O)N2CCS(=O)(=O)CC2)CC1. The standard InChI is InChI=1S/C19H27N3O4S/c1-15(17-3-2-16-4-11-26-18(16)14-17)20-5-7-21(8-6-20)19(23)22-9-12-27(24,25)13-10-22/h2-3,14-15H,4-13H2,1H3/t15-/m0/s1. The van der Waals surface area contributed by atoms with Gasteiger partial charge >= 0.3 is 6.03 Å². The summed E-state index contributed by atoms with van der Waals surface area (Å²) in [4.78, 5) is 18.6. The third-order valence-electron chi connectivity index (χ3n) is 5.95. The number of sulfone groups is 1. The van der Waals surface area contributed by atoms with Gasteiger partial charge in [0.25, 0.3) is 0 Å². The first-order valence-corrected chi connectivity index (χ1v) is 11.5. The maximum Gasteiger partial charge on any atom is 0.320 e. The van der Waals surface area contributed by atoms with Crippen LogP contribution in [-0.2, 0) is 16.3 Å². The van der Waals surface area contributed by atoms with Crippen LogP contribution in [0, 0.1) is 0 Å². The number of hydrogen-bond acceptors (Lipinski definition) is 5. The number of carbonyl (C=O) groups is 1. The number of rotatable bonds is 2. The first-order valence-electron chi connectivity index (χ1n) is 9.67. The van der Waals surface area contributed by atoms with Gasteiger partial charge in [0.15, 0.2) is 9.84 Å². The van der Waals surface area contributed by atoms with Gasteiger partial charge in [-0.3, -0.25) is 4.90 Å². The Balaban J connectivity index is 1.32. The van der Waals surface area contributed by atoms with Crippen LogP contribution in [0.3, 0.4) is 0 Å². The second kappa shape index (κ2) is 7.31. The normalized spacial score (nSPS) is 23.6. The Hall–Kier alpha value is -1.80. The monoisotopic (exact) mass is 393 g/mol. The predicted octanol–water partition coefficient (Wildman–Crippen LogP) is 1.15. The molecule has 1 aromatic carbocycles.